The minimum atomic E-state index is -0.514. The van der Waals surface area contributed by atoms with E-state index >= 15 is 0 Å². The second-order valence-electron chi connectivity index (χ2n) is 28.9. The summed E-state index contributed by atoms with van der Waals surface area (Å²) in [5.74, 6) is -0.788. The molecule has 4 amide bonds. The summed E-state index contributed by atoms with van der Waals surface area (Å²) < 4.78 is 7.42. The number of hydrogen-bond acceptors (Lipinski definition) is 10. The number of carbonyl (C=O) groups is 4. The normalized spacial score (nSPS) is 18.8. The lowest BCUT2D eigenvalue weighted by Gasteiger charge is -2.22. The number of carbonyl (C=O) groups excluding carboxylic acids is 4. The predicted molar refractivity (Wildman–Crippen MR) is 401 cm³/mol. The average Bonchev–Trinajstić information content (AvgIpc) is 1.60. The Bertz CT molecular complexity index is 4260. The lowest BCUT2D eigenvalue weighted by Crippen LogP contribution is -2.48. The van der Waals surface area contributed by atoms with Gasteiger partial charge < -0.3 is 50.0 Å². The molecule has 538 valence electrons. The number of amides is 4. The van der Waals surface area contributed by atoms with Crippen molar-refractivity contribution in [2.45, 2.75) is 181 Å². The van der Waals surface area contributed by atoms with Crippen molar-refractivity contribution in [3.05, 3.63) is 145 Å². The number of aromatic nitrogens is 8. The number of nitrogens with zero attached hydrogens (tertiary/aromatic N) is 14. The lowest BCUT2D eigenvalue weighted by molar-refractivity contribution is -0.684. The highest BCUT2D eigenvalue weighted by molar-refractivity contribution is 6.00. The Hall–Kier alpha value is -11.0. The Morgan fingerprint density at radius 2 is 0.606 bits per heavy atom. The highest BCUT2D eigenvalue weighted by Gasteiger charge is 2.39. The Balaban J connectivity index is 1.01. The van der Waals surface area contributed by atoms with Crippen molar-refractivity contribution < 1.29 is 57.9 Å². The fourth-order valence-corrected chi connectivity index (χ4v) is 15.2. The largest absolute Gasteiger partial charge is 0.495 e. The molecule has 6 aliphatic rings. The van der Waals surface area contributed by atoms with Gasteiger partial charge in [-0.3, -0.25) is 39.1 Å². The highest BCUT2D eigenvalue weighted by Crippen LogP contribution is 2.39. The van der Waals surface area contributed by atoms with Crippen molar-refractivity contribution in [2.24, 2.45) is 20.0 Å². The van der Waals surface area contributed by atoms with Crippen molar-refractivity contribution in [3.63, 3.8) is 0 Å². The standard InChI is InChI=1S/C80H90N16O8/c1-49(2)81-77(101)65-21-13-37-93(65)69(97)45-89-33-9-17-53(41-89)73-57-25-27-59(85-57)74(54-18-10-34-90(42-54)46-70(98)94-38-14-22-66(94)78(102)82-50(3)4)61-29-31-63(87-61)76(56-20-12-36-92(44-56)48-72(100)96-40-16-24-68(96)80(104)84-52(7)8)64-32-30-62(88-64)75(60-28-26-58(73)86-60)55-19-11-35-91(43-55)47-71(99)95-39-15-23-67(95)79(103)83-51(5)6/h9-12,17-20,25-36,41-44,49-52,65-68H,13-16,21-24,37-40,45-48H2,1-8H3,(H2-4,81,82,83,84,85,86,87,88,101,102,103,104)/p+4/t65-,66-,67-,68-/m0/s1. The second-order valence-corrected chi connectivity index (χ2v) is 28.9. The van der Waals surface area contributed by atoms with Crippen LogP contribution in [0.4, 0.5) is 0 Å². The number of rotatable bonds is 20. The van der Waals surface area contributed by atoms with Gasteiger partial charge in [0.25, 0.3) is 23.6 Å². The van der Waals surface area contributed by atoms with E-state index in [0.717, 1.165) is 47.9 Å². The van der Waals surface area contributed by atoms with E-state index in [-0.39, 0.29) is 97.6 Å². The van der Waals surface area contributed by atoms with Gasteiger partial charge in [0.1, 0.15) is 24.2 Å². The molecule has 0 spiro atoms. The first-order valence-corrected chi connectivity index (χ1v) is 36.5. The molecule has 8 bridgehead atoms. The molecule has 4 atom stereocenters. The molecule has 13 heterocycles. The summed E-state index contributed by atoms with van der Waals surface area (Å²) in [7, 11) is 0. The van der Waals surface area contributed by atoms with Gasteiger partial charge in [-0.25, -0.2) is 9.97 Å². The van der Waals surface area contributed by atoms with Gasteiger partial charge in [0.05, 0.1) is 22.8 Å². The van der Waals surface area contributed by atoms with Gasteiger partial charge in [-0.1, -0.05) is 0 Å². The van der Waals surface area contributed by atoms with Crippen LogP contribution in [0.25, 0.3) is 90.9 Å². The number of aliphatic hydroxyl groups excluding tert-OH is 4. The van der Waals surface area contributed by atoms with Crippen LogP contribution in [0.1, 0.15) is 130 Å². The van der Waals surface area contributed by atoms with Gasteiger partial charge in [0.15, 0.2) is 49.6 Å². The molecule has 0 radical (unpaired) electrons. The number of aliphatic imine (C=N–C) groups is 4. The number of likely N-dealkylation sites (tertiary alicyclic amines) is 4. The van der Waals surface area contributed by atoms with Gasteiger partial charge in [0.2, 0.25) is 49.8 Å². The van der Waals surface area contributed by atoms with Crippen molar-refractivity contribution in [1.29, 1.82) is 0 Å². The maximum absolute atomic E-state index is 14.4. The number of fused-ring (bicyclic) bond motifs is 8. The summed E-state index contributed by atoms with van der Waals surface area (Å²) >= 11 is 0. The third-order valence-corrected chi connectivity index (χ3v) is 19.7. The first kappa shape index (κ1) is 71.4. The summed E-state index contributed by atoms with van der Waals surface area (Å²) in [6, 6.07) is 21.0. The third kappa shape index (κ3) is 15.6. The van der Waals surface area contributed by atoms with Crippen LogP contribution >= 0.6 is 0 Å². The fraction of sp³-hybridized carbons (Fsp3) is 0.400. The maximum Gasteiger partial charge on any atom is 0.289 e. The number of H-pyrrole nitrogens is 2. The molecule has 4 fully saturated rings. The van der Waals surface area contributed by atoms with Crippen LogP contribution in [0.3, 0.4) is 0 Å². The molecule has 6 N–H and O–H groups in total. The summed E-state index contributed by atoms with van der Waals surface area (Å²) in [4.78, 5) is 101. The molecule has 24 nitrogen and oxygen atoms in total. The monoisotopic (exact) mass is 1410 g/mol. The van der Waals surface area contributed by atoms with Crippen molar-refractivity contribution in [1.82, 2.24) is 39.5 Å². The molecule has 7 aromatic rings. The number of aliphatic hydroxyl groups is 4. The van der Waals surface area contributed by atoms with Crippen molar-refractivity contribution >= 4 is 93.6 Å². The average molecular weight is 1410 g/mol. The van der Waals surface area contributed by atoms with E-state index in [9.17, 15) is 39.6 Å². The summed E-state index contributed by atoms with van der Waals surface area (Å²) in [6.07, 6.45) is 28.5. The smallest absolute Gasteiger partial charge is 0.289 e. The molecule has 13 rings (SSSR count). The zero-order valence-corrected chi connectivity index (χ0v) is 60.5. The molecular weight excluding hydrogens is 1310 g/mol. The predicted octanol–water partition coefficient (Wildman–Crippen LogP) is 9.90. The van der Waals surface area contributed by atoms with E-state index in [1.807, 2.05) is 220 Å². The first-order valence-electron chi connectivity index (χ1n) is 36.5. The second kappa shape index (κ2) is 30.9. The van der Waals surface area contributed by atoms with Crippen LogP contribution in [0.2, 0.25) is 0 Å². The first-order chi connectivity index (χ1) is 50.1. The third-order valence-electron chi connectivity index (χ3n) is 19.7. The Morgan fingerprint density at radius 1 is 0.385 bits per heavy atom. The molecule has 7 aromatic heterocycles. The molecule has 6 aliphatic heterocycles. The number of pyridine rings is 4. The van der Waals surface area contributed by atoms with E-state index in [0.29, 0.717) is 119 Å². The van der Waals surface area contributed by atoms with Gasteiger partial charge in [0, 0.05) is 141 Å². The van der Waals surface area contributed by atoms with Crippen molar-refractivity contribution in [2.75, 3.05) is 26.2 Å². The molecular formula is C80H94N16O8+4. The fourth-order valence-electron chi connectivity index (χ4n) is 15.2. The van der Waals surface area contributed by atoms with E-state index in [4.69, 9.17) is 9.97 Å². The molecule has 0 saturated carbocycles. The lowest BCUT2D eigenvalue weighted by atomic mass is 10.1. The zero-order chi connectivity index (χ0) is 73.0. The molecule has 24 heteroatoms. The van der Waals surface area contributed by atoms with Crippen LogP contribution in [0, 0.1) is 0 Å². The molecule has 4 saturated heterocycles. The maximum atomic E-state index is 14.4. The number of nitrogens with one attached hydrogen (secondary N) is 2. The van der Waals surface area contributed by atoms with Gasteiger partial charge in [-0.15, -0.1) is 0 Å². The highest BCUT2D eigenvalue weighted by atomic mass is 16.3. The molecule has 0 aliphatic carbocycles. The van der Waals surface area contributed by atoms with Gasteiger partial charge >= 0.3 is 0 Å². The van der Waals surface area contributed by atoms with E-state index in [2.05, 4.69) is 29.9 Å². The van der Waals surface area contributed by atoms with Crippen LogP contribution in [0.15, 0.2) is 142 Å². The van der Waals surface area contributed by atoms with Crippen LogP contribution < -0.4 is 18.3 Å². The topological polar surface area (TPSA) is 284 Å². The summed E-state index contributed by atoms with van der Waals surface area (Å²) in [6.45, 7) is 17.1. The molecule has 0 aromatic carbocycles. The minimum absolute atomic E-state index is 0.0136. The van der Waals surface area contributed by atoms with Crippen molar-refractivity contribution in [3.8, 4) is 44.5 Å². The molecule has 0 unspecified atom stereocenters. The SMILES string of the molecule is CC(C)N=C(O)[C@@H]1CCCN1C(=O)C[n+]1cccc(-c2c3nc(c(-c4ccc[n+](CC(=O)N5CCC[C@H]5C(O)=NC(C)C)c4)c4ccc([nH]4)c(-c4ccc[n+](CC(=O)N5CCC[C@H]5C(O)=NC(C)C)c4)c4nc(c(-c5ccc[n+](CC(=O)N6CCC[C@H]6C(O)=NC(C)C)c5)c5ccc2[nH]5)C=C4)C=C3)c1. The minimum Gasteiger partial charge on any atom is -0.495 e. The van der Waals surface area contributed by atoms with E-state index in [1.165, 1.54) is 0 Å². The Kier molecular flexibility index (Phi) is 21.2. The number of aromatic amines is 2. The Labute approximate surface area is 605 Å². The number of hydrogen-bond donors (Lipinski definition) is 6. The Morgan fingerprint density at radius 3 is 0.817 bits per heavy atom. The summed E-state index contributed by atoms with van der Waals surface area (Å²) in [5, 5.41) is 44.5. The van der Waals surface area contributed by atoms with Crippen LogP contribution in [-0.4, -0.2) is 182 Å². The summed E-state index contributed by atoms with van der Waals surface area (Å²) in [5.41, 5.74) is 10.9. The zero-order valence-electron chi connectivity index (χ0n) is 60.5. The van der Waals surface area contributed by atoms with Gasteiger partial charge in [-0.05, 0) is 180 Å². The quantitative estimate of drug-likeness (QED) is 0.0238. The molecule has 104 heavy (non-hydrogen) atoms. The van der Waals surface area contributed by atoms with Crippen LogP contribution in [-0.2, 0) is 45.4 Å². The van der Waals surface area contributed by atoms with Gasteiger partial charge in [-0.2, -0.15) is 18.3 Å². The van der Waals surface area contributed by atoms with E-state index in [1.54, 1.807) is 19.6 Å². The van der Waals surface area contributed by atoms with E-state index < -0.39 is 24.2 Å². The van der Waals surface area contributed by atoms with Crippen LogP contribution in [0.5, 0.6) is 0 Å².